The fourth-order valence-electron chi connectivity index (χ4n) is 2.79. The number of amides is 1. The Hall–Kier alpha value is -2.08. The molecule has 1 atom stereocenters. The molecule has 1 N–H and O–H groups in total. The maximum absolute atomic E-state index is 12.3. The number of hydrogen-bond acceptors (Lipinski definition) is 4. The van der Waals surface area contributed by atoms with Crippen molar-refractivity contribution < 1.29 is 4.79 Å². The van der Waals surface area contributed by atoms with Crippen LogP contribution in [-0.2, 0) is 4.79 Å². The van der Waals surface area contributed by atoms with E-state index in [4.69, 9.17) is 0 Å². The van der Waals surface area contributed by atoms with Crippen molar-refractivity contribution in [2.24, 2.45) is 5.92 Å². The van der Waals surface area contributed by atoms with Gasteiger partial charge in [-0.2, -0.15) is 0 Å². The molecule has 25 heavy (non-hydrogen) atoms. The van der Waals surface area contributed by atoms with Crippen LogP contribution in [0.15, 0.2) is 35.5 Å². The van der Waals surface area contributed by atoms with Crippen LogP contribution in [0.25, 0.3) is 16.6 Å². The molecular weight excluding hydrogens is 332 g/mol. The van der Waals surface area contributed by atoms with E-state index < -0.39 is 0 Å². The molecule has 2 heterocycles. The molecular formula is C19H24N4OS. The van der Waals surface area contributed by atoms with Crippen molar-refractivity contribution in [1.82, 2.24) is 19.9 Å². The second-order valence-corrected chi connectivity index (χ2v) is 8.06. The van der Waals surface area contributed by atoms with Crippen LogP contribution in [0.1, 0.15) is 32.8 Å². The maximum atomic E-state index is 12.3. The Morgan fingerprint density at radius 2 is 2.00 bits per heavy atom. The predicted octanol–water partition coefficient (Wildman–Crippen LogP) is 3.83. The van der Waals surface area contributed by atoms with Gasteiger partial charge < -0.3 is 5.32 Å². The van der Waals surface area contributed by atoms with Gasteiger partial charge in [0.25, 0.3) is 0 Å². The third-order valence-electron chi connectivity index (χ3n) is 4.25. The first-order valence-corrected chi connectivity index (χ1v) is 9.53. The number of aromatic nitrogens is 3. The van der Waals surface area contributed by atoms with Crippen molar-refractivity contribution in [3.63, 3.8) is 0 Å². The smallest absolute Gasteiger partial charge is 0.233 e. The number of fused-ring (bicyclic) bond motifs is 3. The summed E-state index contributed by atoms with van der Waals surface area (Å²) in [5, 5.41) is 13.3. The molecule has 0 aliphatic heterocycles. The van der Waals surface area contributed by atoms with Crippen molar-refractivity contribution in [2.45, 2.75) is 44.5 Å². The van der Waals surface area contributed by atoms with Gasteiger partial charge in [-0.1, -0.05) is 43.8 Å². The molecule has 6 heteroatoms. The van der Waals surface area contributed by atoms with E-state index in [2.05, 4.69) is 48.4 Å². The molecule has 5 nitrogen and oxygen atoms in total. The number of nitrogens with zero attached hydrogens (tertiary/aromatic N) is 3. The summed E-state index contributed by atoms with van der Waals surface area (Å²) < 4.78 is 2.03. The van der Waals surface area contributed by atoms with E-state index in [9.17, 15) is 4.79 Å². The van der Waals surface area contributed by atoms with E-state index in [1.807, 2.05) is 29.5 Å². The highest BCUT2D eigenvalue weighted by Crippen LogP contribution is 2.27. The lowest BCUT2D eigenvalue weighted by Gasteiger charge is -2.12. The SMILES string of the molecule is Cc1cc2nnc(SC(C)C(=O)NCCC(C)C)n2c2ccccc12. The van der Waals surface area contributed by atoms with Crippen LogP contribution in [0.3, 0.4) is 0 Å². The average molecular weight is 356 g/mol. The monoisotopic (exact) mass is 356 g/mol. The fraction of sp³-hybridized carbons (Fsp3) is 0.421. The molecule has 0 saturated heterocycles. The normalized spacial score (nSPS) is 12.8. The quantitative estimate of drug-likeness (QED) is 0.682. The lowest BCUT2D eigenvalue weighted by molar-refractivity contribution is -0.120. The van der Waals surface area contributed by atoms with Gasteiger partial charge in [0.15, 0.2) is 10.8 Å². The van der Waals surface area contributed by atoms with Gasteiger partial charge in [0.05, 0.1) is 10.8 Å². The number of carbonyl (C=O) groups excluding carboxylic acids is 1. The first-order valence-electron chi connectivity index (χ1n) is 8.65. The molecule has 1 amide bonds. The van der Waals surface area contributed by atoms with E-state index in [0.29, 0.717) is 12.5 Å². The van der Waals surface area contributed by atoms with Gasteiger partial charge in [0, 0.05) is 11.9 Å². The minimum absolute atomic E-state index is 0.0406. The van der Waals surface area contributed by atoms with Crippen molar-refractivity contribution in [1.29, 1.82) is 0 Å². The van der Waals surface area contributed by atoms with Crippen molar-refractivity contribution >= 4 is 34.2 Å². The lowest BCUT2D eigenvalue weighted by atomic mass is 10.1. The number of hydrogen-bond donors (Lipinski definition) is 1. The van der Waals surface area contributed by atoms with E-state index in [-0.39, 0.29) is 11.2 Å². The number of carbonyl (C=O) groups is 1. The Morgan fingerprint density at radius 1 is 1.24 bits per heavy atom. The summed E-state index contributed by atoms with van der Waals surface area (Å²) in [4.78, 5) is 12.3. The first kappa shape index (κ1) is 17.7. The second kappa shape index (κ2) is 7.44. The second-order valence-electron chi connectivity index (χ2n) is 6.75. The Bertz CT molecular complexity index is 903. The highest BCUT2D eigenvalue weighted by Gasteiger charge is 2.19. The number of nitrogens with one attached hydrogen (secondary N) is 1. The Morgan fingerprint density at radius 3 is 2.76 bits per heavy atom. The number of thioether (sulfide) groups is 1. The van der Waals surface area contributed by atoms with Crippen LogP contribution in [0.4, 0.5) is 0 Å². The summed E-state index contributed by atoms with van der Waals surface area (Å²) in [6, 6.07) is 10.2. The summed E-state index contributed by atoms with van der Waals surface area (Å²) >= 11 is 1.44. The van der Waals surface area contributed by atoms with Crippen LogP contribution in [-0.4, -0.2) is 32.3 Å². The number of rotatable bonds is 6. The zero-order valence-corrected chi connectivity index (χ0v) is 15.9. The Labute approximate surface area is 152 Å². The molecule has 132 valence electrons. The molecule has 3 rings (SSSR count). The summed E-state index contributed by atoms with van der Waals surface area (Å²) in [6.45, 7) is 9.01. The van der Waals surface area contributed by atoms with Crippen LogP contribution < -0.4 is 5.32 Å². The Kier molecular flexibility index (Phi) is 5.27. The topological polar surface area (TPSA) is 59.3 Å². The van der Waals surface area contributed by atoms with Gasteiger partial charge in [-0.25, -0.2) is 0 Å². The van der Waals surface area contributed by atoms with Crippen molar-refractivity contribution in [2.75, 3.05) is 6.54 Å². The molecule has 0 spiro atoms. The minimum atomic E-state index is -0.223. The molecule has 0 radical (unpaired) electrons. The van der Waals surface area contributed by atoms with Crippen LogP contribution in [0.5, 0.6) is 0 Å². The average Bonchev–Trinajstić information content (AvgIpc) is 2.97. The minimum Gasteiger partial charge on any atom is -0.355 e. The number of pyridine rings is 1. The van der Waals surface area contributed by atoms with Gasteiger partial charge >= 0.3 is 0 Å². The van der Waals surface area contributed by atoms with Crippen LogP contribution >= 0.6 is 11.8 Å². The molecule has 1 unspecified atom stereocenters. The summed E-state index contributed by atoms with van der Waals surface area (Å²) in [5.74, 6) is 0.622. The summed E-state index contributed by atoms with van der Waals surface area (Å²) in [6.07, 6.45) is 0.987. The van der Waals surface area contributed by atoms with E-state index in [1.54, 1.807) is 0 Å². The molecule has 0 bridgehead atoms. The zero-order valence-electron chi connectivity index (χ0n) is 15.1. The van der Waals surface area contributed by atoms with E-state index in [1.165, 1.54) is 22.7 Å². The van der Waals surface area contributed by atoms with Crippen molar-refractivity contribution in [3.8, 4) is 0 Å². The molecule has 0 aliphatic carbocycles. The highest BCUT2D eigenvalue weighted by atomic mass is 32.2. The fourth-order valence-corrected chi connectivity index (χ4v) is 3.68. The van der Waals surface area contributed by atoms with Crippen LogP contribution in [0.2, 0.25) is 0 Å². The molecule has 1 aromatic carbocycles. The Balaban J connectivity index is 1.84. The van der Waals surface area contributed by atoms with Gasteiger partial charge in [0.2, 0.25) is 5.91 Å². The molecule has 0 fully saturated rings. The van der Waals surface area contributed by atoms with E-state index >= 15 is 0 Å². The number of para-hydroxylation sites is 1. The predicted molar refractivity (Wildman–Crippen MR) is 103 cm³/mol. The molecule has 0 saturated carbocycles. The molecule has 2 aromatic heterocycles. The highest BCUT2D eigenvalue weighted by molar-refractivity contribution is 8.00. The first-order chi connectivity index (χ1) is 12.0. The maximum Gasteiger partial charge on any atom is 0.233 e. The largest absolute Gasteiger partial charge is 0.355 e. The summed E-state index contributed by atoms with van der Waals surface area (Å²) in [5.41, 5.74) is 3.05. The summed E-state index contributed by atoms with van der Waals surface area (Å²) in [7, 11) is 0. The van der Waals surface area contributed by atoms with Crippen LogP contribution in [0, 0.1) is 12.8 Å². The van der Waals surface area contributed by atoms with Gasteiger partial charge in [0.1, 0.15) is 0 Å². The lowest BCUT2D eigenvalue weighted by Crippen LogP contribution is -2.32. The third kappa shape index (κ3) is 3.79. The molecule has 0 aliphatic rings. The standard InChI is InChI=1S/C19H24N4OS/c1-12(2)9-10-20-18(24)14(4)25-19-22-21-17-11-13(3)15-7-5-6-8-16(15)23(17)19/h5-8,11-12,14H,9-10H2,1-4H3,(H,20,24). The third-order valence-corrected chi connectivity index (χ3v) is 5.29. The van der Waals surface area contributed by atoms with Gasteiger partial charge in [-0.15, -0.1) is 10.2 Å². The number of benzene rings is 1. The van der Waals surface area contributed by atoms with Crippen molar-refractivity contribution in [3.05, 3.63) is 35.9 Å². The van der Waals surface area contributed by atoms with E-state index in [0.717, 1.165) is 22.7 Å². The zero-order chi connectivity index (χ0) is 18.0. The van der Waals surface area contributed by atoms with Gasteiger partial charge in [-0.3, -0.25) is 9.20 Å². The molecule has 3 aromatic rings. The number of aryl methyl sites for hydroxylation is 1. The van der Waals surface area contributed by atoms with Gasteiger partial charge in [-0.05, 0) is 43.9 Å².